The van der Waals surface area contributed by atoms with Crippen LogP contribution in [0.25, 0.3) is 0 Å². The summed E-state index contributed by atoms with van der Waals surface area (Å²) in [6.45, 7) is 4.63. The van der Waals surface area contributed by atoms with E-state index in [9.17, 15) is 9.90 Å². The van der Waals surface area contributed by atoms with Crippen LogP contribution in [0.5, 0.6) is 0 Å². The Balaban J connectivity index is 2.04. The predicted octanol–water partition coefficient (Wildman–Crippen LogP) is 2.97. The zero-order chi connectivity index (χ0) is 12.5. The molecule has 1 aromatic rings. The normalized spacial score (nSPS) is 17.3. The largest absolute Gasteiger partial charge is 0.481 e. The summed E-state index contributed by atoms with van der Waals surface area (Å²) >= 11 is 0. The van der Waals surface area contributed by atoms with Crippen molar-refractivity contribution in [3.05, 3.63) is 29.3 Å². The van der Waals surface area contributed by atoms with Crippen molar-refractivity contribution >= 4 is 11.7 Å². The highest BCUT2D eigenvalue weighted by atomic mass is 16.4. The number of carboxylic acid groups (broad SMARTS) is 1. The molecule has 17 heavy (non-hydrogen) atoms. The highest BCUT2D eigenvalue weighted by Gasteiger charge is 2.44. The Morgan fingerprint density at radius 3 is 2.29 bits per heavy atom. The second-order valence-corrected chi connectivity index (χ2v) is 5.17. The number of hydrogen-bond acceptors (Lipinski definition) is 2. The molecule has 92 valence electrons. The molecule has 1 saturated carbocycles. The fourth-order valence-corrected chi connectivity index (χ4v) is 2.42. The van der Waals surface area contributed by atoms with Crippen molar-refractivity contribution < 1.29 is 9.90 Å². The van der Waals surface area contributed by atoms with Crippen LogP contribution in [0, 0.1) is 19.3 Å². The maximum absolute atomic E-state index is 11.2. The van der Waals surface area contributed by atoms with Gasteiger partial charge in [-0.05, 0) is 49.9 Å². The molecule has 0 aliphatic heterocycles. The Morgan fingerprint density at radius 1 is 1.29 bits per heavy atom. The highest BCUT2D eigenvalue weighted by Crippen LogP contribution is 2.41. The molecule has 2 rings (SSSR count). The number of benzene rings is 1. The Morgan fingerprint density at radius 2 is 1.88 bits per heavy atom. The molecule has 3 heteroatoms. The maximum atomic E-state index is 11.2. The lowest BCUT2D eigenvalue weighted by atomic mass is 9.69. The van der Waals surface area contributed by atoms with Gasteiger partial charge >= 0.3 is 5.97 Å². The van der Waals surface area contributed by atoms with Crippen molar-refractivity contribution in [2.24, 2.45) is 5.41 Å². The second kappa shape index (κ2) is 4.40. The lowest BCUT2D eigenvalue weighted by molar-refractivity contribution is -0.153. The molecule has 0 spiro atoms. The van der Waals surface area contributed by atoms with Crippen molar-refractivity contribution in [2.45, 2.75) is 33.1 Å². The van der Waals surface area contributed by atoms with Crippen LogP contribution in [0.1, 0.15) is 30.4 Å². The van der Waals surface area contributed by atoms with Crippen LogP contribution in [0.4, 0.5) is 5.69 Å². The van der Waals surface area contributed by atoms with Gasteiger partial charge in [0.25, 0.3) is 0 Å². The Labute approximate surface area is 102 Å². The number of hydrogen-bond donors (Lipinski definition) is 2. The van der Waals surface area contributed by atoms with E-state index in [2.05, 4.69) is 37.4 Å². The van der Waals surface area contributed by atoms with Gasteiger partial charge < -0.3 is 10.4 Å². The molecule has 1 aliphatic carbocycles. The van der Waals surface area contributed by atoms with Crippen LogP contribution in [-0.4, -0.2) is 17.6 Å². The van der Waals surface area contributed by atoms with Gasteiger partial charge in [-0.15, -0.1) is 0 Å². The molecular weight excluding hydrogens is 214 g/mol. The summed E-state index contributed by atoms with van der Waals surface area (Å²) < 4.78 is 0. The monoisotopic (exact) mass is 233 g/mol. The van der Waals surface area contributed by atoms with E-state index < -0.39 is 11.4 Å². The van der Waals surface area contributed by atoms with E-state index in [1.54, 1.807) is 0 Å². The summed E-state index contributed by atoms with van der Waals surface area (Å²) in [7, 11) is 0. The van der Waals surface area contributed by atoms with E-state index in [0.717, 1.165) is 24.9 Å². The average molecular weight is 233 g/mol. The van der Waals surface area contributed by atoms with E-state index in [4.69, 9.17) is 0 Å². The van der Waals surface area contributed by atoms with Crippen LogP contribution < -0.4 is 5.32 Å². The van der Waals surface area contributed by atoms with Gasteiger partial charge in [0.1, 0.15) is 0 Å². The van der Waals surface area contributed by atoms with Gasteiger partial charge in [-0.2, -0.15) is 0 Å². The molecule has 1 aromatic carbocycles. The molecule has 0 radical (unpaired) electrons. The third kappa shape index (κ3) is 2.43. The SMILES string of the molecule is Cc1cc(C)cc(NCC2(C(=O)O)CCC2)c1. The molecule has 0 aromatic heterocycles. The van der Waals surface area contributed by atoms with Gasteiger partial charge in [0.05, 0.1) is 5.41 Å². The molecule has 0 heterocycles. The first-order chi connectivity index (χ1) is 8.02. The van der Waals surface area contributed by atoms with Gasteiger partial charge in [0.15, 0.2) is 0 Å². The molecule has 3 nitrogen and oxygen atoms in total. The van der Waals surface area contributed by atoms with Crippen LogP contribution in [-0.2, 0) is 4.79 Å². The second-order valence-electron chi connectivity index (χ2n) is 5.17. The third-order valence-electron chi connectivity index (χ3n) is 3.62. The molecular formula is C14H19NO2. The average Bonchev–Trinajstić information content (AvgIpc) is 2.13. The van der Waals surface area contributed by atoms with Gasteiger partial charge in [-0.3, -0.25) is 4.79 Å². The fourth-order valence-electron chi connectivity index (χ4n) is 2.42. The van der Waals surface area contributed by atoms with Crippen molar-refractivity contribution in [3.63, 3.8) is 0 Å². The molecule has 0 amide bonds. The number of carbonyl (C=O) groups is 1. The summed E-state index contributed by atoms with van der Waals surface area (Å²) in [5.74, 6) is -0.666. The first-order valence-corrected chi connectivity index (χ1v) is 6.07. The summed E-state index contributed by atoms with van der Waals surface area (Å²) in [4.78, 5) is 11.2. The van der Waals surface area contributed by atoms with Crippen LogP contribution in [0.3, 0.4) is 0 Å². The van der Waals surface area contributed by atoms with E-state index >= 15 is 0 Å². The van der Waals surface area contributed by atoms with E-state index in [1.807, 2.05) is 0 Å². The summed E-state index contributed by atoms with van der Waals surface area (Å²) in [6.07, 6.45) is 2.61. The molecule has 0 bridgehead atoms. The van der Waals surface area contributed by atoms with Crippen LogP contribution in [0.15, 0.2) is 18.2 Å². The van der Waals surface area contributed by atoms with E-state index in [0.29, 0.717) is 6.54 Å². The lowest BCUT2D eigenvalue weighted by Crippen LogP contribution is -2.43. The summed E-state index contributed by atoms with van der Waals surface area (Å²) in [5.41, 5.74) is 2.89. The van der Waals surface area contributed by atoms with Gasteiger partial charge in [0.2, 0.25) is 0 Å². The standard InChI is InChI=1S/C14H19NO2/c1-10-6-11(2)8-12(7-10)15-9-14(13(16)17)4-3-5-14/h6-8,15H,3-5,9H2,1-2H3,(H,16,17). The first-order valence-electron chi connectivity index (χ1n) is 6.07. The number of aryl methyl sites for hydroxylation is 2. The zero-order valence-electron chi connectivity index (χ0n) is 10.4. The third-order valence-corrected chi connectivity index (χ3v) is 3.62. The number of carboxylic acids is 1. The highest BCUT2D eigenvalue weighted by molar-refractivity contribution is 5.76. The quantitative estimate of drug-likeness (QED) is 0.840. The summed E-state index contributed by atoms with van der Waals surface area (Å²) in [6, 6.07) is 6.23. The molecule has 1 fully saturated rings. The Kier molecular flexibility index (Phi) is 3.09. The van der Waals surface area contributed by atoms with Gasteiger partial charge in [-0.25, -0.2) is 0 Å². The van der Waals surface area contributed by atoms with Gasteiger partial charge in [-0.1, -0.05) is 12.5 Å². The van der Waals surface area contributed by atoms with Crippen molar-refractivity contribution in [1.82, 2.24) is 0 Å². The molecule has 0 atom stereocenters. The smallest absolute Gasteiger partial charge is 0.311 e. The van der Waals surface area contributed by atoms with E-state index in [1.165, 1.54) is 11.1 Å². The maximum Gasteiger partial charge on any atom is 0.311 e. The number of nitrogens with one attached hydrogen (secondary N) is 1. The predicted molar refractivity (Wildman–Crippen MR) is 68.3 cm³/mol. The van der Waals surface area contributed by atoms with Crippen molar-refractivity contribution in [3.8, 4) is 0 Å². The zero-order valence-corrected chi connectivity index (χ0v) is 10.4. The minimum Gasteiger partial charge on any atom is -0.481 e. The lowest BCUT2D eigenvalue weighted by Gasteiger charge is -2.37. The Bertz CT molecular complexity index is 416. The minimum absolute atomic E-state index is 0.530. The number of rotatable bonds is 4. The Hall–Kier alpha value is -1.51. The van der Waals surface area contributed by atoms with Crippen LogP contribution >= 0.6 is 0 Å². The summed E-state index contributed by atoms with van der Waals surface area (Å²) in [5, 5.41) is 12.5. The topological polar surface area (TPSA) is 49.3 Å². The van der Waals surface area contributed by atoms with Gasteiger partial charge in [0, 0.05) is 12.2 Å². The number of aliphatic carboxylic acids is 1. The van der Waals surface area contributed by atoms with Crippen LogP contribution in [0.2, 0.25) is 0 Å². The first kappa shape index (κ1) is 12.0. The minimum atomic E-state index is -0.666. The molecule has 0 unspecified atom stereocenters. The molecule has 0 saturated heterocycles. The molecule has 1 aliphatic rings. The number of anilines is 1. The molecule has 2 N–H and O–H groups in total. The van der Waals surface area contributed by atoms with E-state index in [-0.39, 0.29) is 0 Å². The van der Waals surface area contributed by atoms with Crippen molar-refractivity contribution in [1.29, 1.82) is 0 Å². The fraction of sp³-hybridized carbons (Fsp3) is 0.500. The van der Waals surface area contributed by atoms with Crippen molar-refractivity contribution in [2.75, 3.05) is 11.9 Å².